The Hall–Kier alpha value is -0.610. The second-order valence-electron chi connectivity index (χ2n) is 3.60. The van der Waals surface area contributed by atoms with Gasteiger partial charge in [0.2, 0.25) is 0 Å². The Morgan fingerprint density at radius 2 is 2.19 bits per heavy atom. The molecule has 0 saturated heterocycles. The SMILES string of the molecule is Cc1ccc(CNCCOCCO)cc1Cl. The van der Waals surface area contributed by atoms with E-state index in [2.05, 4.69) is 11.4 Å². The van der Waals surface area contributed by atoms with Gasteiger partial charge in [0.25, 0.3) is 0 Å². The molecular weight excluding hydrogens is 226 g/mol. The fourth-order valence-electron chi connectivity index (χ4n) is 1.29. The number of aryl methyl sites for hydroxylation is 1. The minimum Gasteiger partial charge on any atom is -0.394 e. The topological polar surface area (TPSA) is 41.5 Å². The van der Waals surface area contributed by atoms with E-state index in [0.717, 1.165) is 29.2 Å². The Kier molecular flexibility index (Phi) is 6.42. The Morgan fingerprint density at radius 1 is 1.38 bits per heavy atom. The smallest absolute Gasteiger partial charge is 0.0698 e. The molecule has 90 valence electrons. The normalized spacial score (nSPS) is 10.7. The molecule has 0 unspecified atom stereocenters. The summed E-state index contributed by atoms with van der Waals surface area (Å²) in [6, 6.07) is 6.04. The van der Waals surface area contributed by atoms with Crippen molar-refractivity contribution in [2.45, 2.75) is 13.5 Å². The predicted octanol–water partition coefficient (Wildman–Crippen LogP) is 1.75. The first-order valence-electron chi connectivity index (χ1n) is 5.38. The Balaban J connectivity index is 2.19. The molecule has 2 N–H and O–H groups in total. The Morgan fingerprint density at radius 3 is 2.88 bits per heavy atom. The molecule has 1 aromatic carbocycles. The quantitative estimate of drug-likeness (QED) is 0.717. The number of rotatable bonds is 7. The van der Waals surface area contributed by atoms with Gasteiger partial charge in [0.15, 0.2) is 0 Å². The van der Waals surface area contributed by atoms with Crippen molar-refractivity contribution in [3.05, 3.63) is 34.3 Å². The van der Waals surface area contributed by atoms with E-state index in [1.54, 1.807) is 0 Å². The van der Waals surface area contributed by atoms with Crippen LogP contribution in [0.25, 0.3) is 0 Å². The zero-order chi connectivity index (χ0) is 11.8. The summed E-state index contributed by atoms with van der Waals surface area (Å²) in [6.07, 6.45) is 0. The van der Waals surface area contributed by atoms with Gasteiger partial charge in [-0.25, -0.2) is 0 Å². The molecule has 0 aliphatic carbocycles. The lowest BCUT2D eigenvalue weighted by molar-refractivity contribution is 0.0938. The molecule has 0 aromatic heterocycles. The summed E-state index contributed by atoms with van der Waals surface area (Å²) in [5, 5.41) is 12.5. The third-order valence-corrected chi connectivity index (χ3v) is 2.63. The number of hydrogen-bond acceptors (Lipinski definition) is 3. The lowest BCUT2D eigenvalue weighted by atomic mass is 10.1. The number of halogens is 1. The summed E-state index contributed by atoms with van der Waals surface area (Å²) in [6.45, 7) is 4.63. The van der Waals surface area contributed by atoms with Gasteiger partial charge < -0.3 is 15.2 Å². The summed E-state index contributed by atoms with van der Waals surface area (Å²) in [5.74, 6) is 0. The third-order valence-electron chi connectivity index (χ3n) is 2.22. The number of benzene rings is 1. The number of aliphatic hydroxyl groups is 1. The van der Waals surface area contributed by atoms with Crippen LogP contribution < -0.4 is 5.32 Å². The first kappa shape index (κ1) is 13.5. The second kappa shape index (κ2) is 7.63. The van der Waals surface area contributed by atoms with Crippen molar-refractivity contribution in [3.63, 3.8) is 0 Å². The molecular formula is C12H18ClNO2. The van der Waals surface area contributed by atoms with Gasteiger partial charge >= 0.3 is 0 Å². The third kappa shape index (κ3) is 4.94. The number of nitrogens with one attached hydrogen (secondary N) is 1. The van der Waals surface area contributed by atoms with Gasteiger partial charge in [-0.15, -0.1) is 0 Å². The minimum absolute atomic E-state index is 0.0770. The molecule has 0 heterocycles. The van der Waals surface area contributed by atoms with E-state index < -0.39 is 0 Å². The van der Waals surface area contributed by atoms with Gasteiger partial charge in [-0.2, -0.15) is 0 Å². The lowest BCUT2D eigenvalue weighted by Crippen LogP contribution is -2.20. The van der Waals surface area contributed by atoms with Crippen molar-refractivity contribution in [1.82, 2.24) is 5.32 Å². The molecule has 0 spiro atoms. The van der Waals surface area contributed by atoms with Crippen LogP contribution in [0.3, 0.4) is 0 Å². The van der Waals surface area contributed by atoms with E-state index in [9.17, 15) is 0 Å². The van der Waals surface area contributed by atoms with Crippen LogP contribution in [0.5, 0.6) is 0 Å². The zero-order valence-corrected chi connectivity index (χ0v) is 10.3. The second-order valence-corrected chi connectivity index (χ2v) is 4.00. The summed E-state index contributed by atoms with van der Waals surface area (Å²) in [5.41, 5.74) is 2.26. The van der Waals surface area contributed by atoms with E-state index in [0.29, 0.717) is 13.2 Å². The zero-order valence-electron chi connectivity index (χ0n) is 9.50. The maximum atomic E-state index is 8.50. The molecule has 0 aliphatic rings. The molecule has 0 fully saturated rings. The van der Waals surface area contributed by atoms with Crippen LogP contribution in [0.15, 0.2) is 18.2 Å². The molecule has 0 saturated carbocycles. The van der Waals surface area contributed by atoms with E-state index in [4.69, 9.17) is 21.4 Å². The largest absolute Gasteiger partial charge is 0.394 e. The lowest BCUT2D eigenvalue weighted by Gasteiger charge is -2.06. The standard InChI is InChI=1S/C12H18ClNO2/c1-10-2-3-11(8-12(10)13)9-14-4-6-16-7-5-15/h2-3,8,14-15H,4-7,9H2,1H3. The fourth-order valence-corrected chi connectivity index (χ4v) is 1.49. The Bertz CT molecular complexity index is 318. The fraction of sp³-hybridized carbons (Fsp3) is 0.500. The summed E-state index contributed by atoms with van der Waals surface area (Å²) < 4.78 is 5.13. The molecule has 1 rings (SSSR count). The van der Waals surface area contributed by atoms with Crippen LogP contribution in [0.4, 0.5) is 0 Å². The van der Waals surface area contributed by atoms with Crippen LogP contribution in [0, 0.1) is 6.92 Å². The van der Waals surface area contributed by atoms with Crippen molar-refractivity contribution in [2.75, 3.05) is 26.4 Å². The molecule has 0 bridgehead atoms. The summed E-state index contributed by atoms with van der Waals surface area (Å²) >= 11 is 6.01. The number of ether oxygens (including phenoxy) is 1. The van der Waals surface area contributed by atoms with Gasteiger partial charge in [0, 0.05) is 18.1 Å². The Labute approximate surface area is 101 Å². The van der Waals surface area contributed by atoms with Crippen LogP contribution in [-0.4, -0.2) is 31.5 Å². The van der Waals surface area contributed by atoms with Gasteiger partial charge in [-0.1, -0.05) is 23.7 Å². The average molecular weight is 244 g/mol. The number of aliphatic hydroxyl groups excluding tert-OH is 1. The molecule has 0 atom stereocenters. The van der Waals surface area contributed by atoms with Crippen LogP contribution in [-0.2, 0) is 11.3 Å². The van der Waals surface area contributed by atoms with Gasteiger partial charge in [0.05, 0.1) is 19.8 Å². The monoisotopic (exact) mass is 243 g/mol. The highest BCUT2D eigenvalue weighted by molar-refractivity contribution is 6.31. The van der Waals surface area contributed by atoms with Crippen molar-refractivity contribution in [1.29, 1.82) is 0 Å². The van der Waals surface area contributed by atoms with Crippen LogP contribution in [0.1, 0.15) is 11.1 Å². The van der Waals surface area contributed by atoms with Gasteiger partial charge in [-0.05, 0) is 24.1 Å². The minimum atomic E-state index is 0.0770. The van der Waals surface area contributed by atoms with Crippen LogP contribution in [0.2, 0.25) is 5.02 Å². The van der Waals surface area contributed by atoms with E-state index in [1.165, 1.54) is 0 Å². The van der Waals surface area contributed by atoms with Crippen molar-refractivity contribution >= 4 is 11.6 Å². The molecule has 16 heavy (non-hydrogen) atoms. The maximum Gasteiger partial charge on any atom is 0.0698 e. The van der Waals surface area contributed by atoms with E-state index >= 15 is 0 Å². The first-order chi connectivity index (χ1) is 7.74. The molecule has 3 nitrogen and oxygen atoms in total. The van der Waals surface area contributed by atoms with Crippen molar-refractivity contribution < 1.29 is 9.84 Å². The van der Waals surface area contributed by atoms with Gasteiger partial charge in [-0.3, -0.25) is 0 Å². The van der Waals surface area contributed by atoms with E-state index in [1.807, 2.05) is 19.1 Å². The summed E-state index contributed by atoms with van der Waals surface area (Å²) in [7, 11) is 0. The highest BCUT2D eigenvalue weighted by atomic mass is 35.5. The average Bonchev–Trinajstić information content (AvgIpc) is 2.28. The molecule has 1 aromatic rings. The predicted molar refractivity (Wildman–Crippen MR) is 65.8 cm³/mol. The maximum absolute atomic E-state index is 8.50. The number of hydrogen-bond donors (Lipinski definition) is 2. The van der Waals surface area contributed by atoms with Crippen molar-refractivity contribution in [3.8, 4) is 0 Å². The highest BCUT2D eigenvalue weighted by Gasteiger charge is 1.97. The van der Waals surface area contributed by atoms with Gasteiger partial charge in [0.1, 0.15) is 0 Å². The van der Waals surface area contributed by atoms with Crippen LogP contribution >= 0.6 is 11.6 Å². The molecule has 4 heteroatoms. The van der Waals surface area contributed by atoms with E-state index in [-0.39, 0.29) is 6.61 Å². The molecule has 0 aliphatic heterocycles. The van der Waals surface area contributed by atoms with Crippen molar-refractivity contribution in [2.24, 2.45) is 0 Å². The summed E-state index contributed by atoms with van der Waals surface area (Å²) in [4.78, 5) is 0. The molecule has 0 amide bonds. The highest BCUT2D eigenvalue weighted by Crippen LogP contribution is 2.16. The molecule has 0 radical (unpaired) electrons. The first-order valence-corrected chi connectivity index (χ1v) is 5.76.